The van der Waals surface area contributed by atoms with E-state index < -0.39 is 9.84 Å². The van der Waals surface area contributed by atoms with Crippen molar-refractivity contribution < 1.29 is 13.2 Å². The molecule has 0 amide bonds. The van der Waals surface area contributed by atoms with Gasteiger partial charge in [-0.15, -0.1) is 0 Å². The zero-order chi connectivity index (χ0) is 16.2. The number of nitrogens with zero attached hydrogens (tertiary/aromatic N) is 1. The van der Waals surface area contributed by atoms with Crippen LogP contribution in [-0.4, -0.2) is 51.6 Å². The van der Waals surface area contributed by atoms with Gasteiger partial charge < -0.3 is 15.4 Å². The van der Waals surface area contributed by atoms with Crippen LogP contribution in [0.25, 0.3) is 0 Å². The van der Waals surface area contributed by atoms with Gasteiger partial charge >= 0.3 is 0 Å². The molecule has 1 aromatic carbocycles. The van der Waals surface area contributed by atoms with Crippen molar-refractivity contribution in [3.8, 4) is 5.75 Å². The molecule has 1 aromatic rings. The lowest BCUT2D eigenvalue weighted by molar-refractivity contribution is 0.223. The van der Waals surface area contributed by atoms with Gasteiger partial charge in [0.2, 0.25) is 0 Å². The van der Waals surface area contributed by atoms with Crippen LogP contribution in [-0.2, 0) is 9.84 Å². The molecule has 124 valence electrons. The molecule has 0 unspecified atom stereocenters. The molecule has 1 heterocycles. The lowest BCUT2D eigenvalue weighted by atomic mass is 9.89. The molecule has 0 atom stereocenters. The molecule has 0 aliphatic carbocycles. The normalized spacial score (nSPS) is 17.5. The highest BCUT2D eigenvalue weighted by Crippen LogP contribution is 2.32. The highest BCUT2D eigenvalue weighted by molar-refractivity contribution is 7.90. The van der Waals surface area contributed by atoms with Crippen molar-refractivity contribution in [2.24, 2.45) is 0 Å². The van der Waals surface area contributed by atoms with Crippen LogP contribution in [0.1, 0.15) is 31.2 Å². The minimum absolute atomic E-state index is 0.244. The Kier molecular flexibility index (Phi) is 5.69. The zero-order valence-electron chi connectivity index (χ0n) is 13.4. The van der Waals surface area contributed by atoms with E-state index in [1.807, 2.05) is 13.0 Å². The average Bonchev–Trinajstić information content (AvgIpc) is 2.47. The summed E-state index contributed by atoms with van der Waals surface area (Å²) in [5, 5.41) is 0. The smallest absolute Gasteiger partial charge is 0.148 e. The van der Waals surface area contributed by atoms with Gasteiger partial charge in [-0.3, -0.25) is 0 Å². The van der Waals surface area contributed by atoms with Crippen molar-refractivity contribution in [2.45, 2.75) is 25.7 Å². The molecule has 0 radical (unpaired) electrons. The van der Waals surface area contributed by atoms with Gasteiger partial charge in [-0.1, -0.05) is 6.07 Å². The summed E-state index contributed by atoms with van der Waals surface area (Å²) in [6.45, 7) is 5.07. The van der Waals surface area contributed by atoms with Crippen molar-refractivity contribution in [3.63, 3.8) is 0 Å². The molecule has 6 heteroatoms. The second-order valence-electron chi connectivity index (χ2n) is 5.98. The Morgan fingerprint density at radius 2 is 2.00 bits per heavy atom. The summed E-state index contributed by atoms with van der Waals surface area (Å²) in [6.07, 6.45) is 3.38. The third kappa shape index (κ3) is 4.88. The Hall–Kier alpha value is -1.27. The van der Waals surface area contributed by atoms with E-state index in [1.165, 1.54) is 11.8 Å². The fraction of sp³-hybridized carbons (Fsp3) is 0.625. The van der Waals surface area contributed by atoms with E-state index in [2.05, 4.69) is 17.0 Å². The monoisotopic (exact) mass is 326 g/mol. The van der Waals surface area contributed by atoms with Gasteiger partial charge in [0.15, 0.2) is 0 Å². The number of hydrogen-bond acceptors (Lipinski definition) is 5. The molecule has 1 aliphatic rings. The second kappa shape index (κ2) is 7.33. The highest BCUT2D eigenvalue weighted by Gasteiger charge is 2.21. The predicted octanol–water partition coefficient (Wildman–Crippen LogP) is 1.89. The third-order valence-electron chi connectivity index (χ3n) is 4.17. The van der Waals surface area contributed by atoms with Crippen molar-refractivity contribution in [3.05, 3.63) is 23.8 Å². The maximum absolute atomic E-state index is 11.2. The van der Waals surface area contributed by atoms with Crippen molar-refractivity contribution in [1.82, 2.24) is 4.90 Å². The van der Waals surface area contributed by atoms with Crippen LogP contribution < -0.4 is 10.5 Å². The van der Waals surface area contributed by atoms with Crippen LogP contribution in [0, 0.1) is 0 Å². The molecule has 1 fully saturated rings. The number of nitrogens with two attached hydrogens (primary N) is 1. The number of hydrogen-bond donors (Lipinski definition) is 1. The first-order chi connectivity index (χ1) is 10.4. The Morgan fingerprint density at radius 1 is 1.32 bits per heavy atom. The minimum atomic E-state index is -2.88. The quantitative estimate of drug-likeness (QED) is 0.808. The van der Waals surface area contributed by atoms with Gasteiger partial charge in [0.05, 0.1) is 18.0 Å². The van der Waals surface area contributed by atoms with Crippen LogP contribution in [0.3, 0.4) is 0 Å². The van der Waals surface area contributed by atoms with E-state index in [1.54, 1.807) is 0 Å². The van der Waals surface area contributed by atoms with Crippen LogP contribution >= 0.6 is 0 Å². The number of anilines is 1. The van der Waals surface area contributed by atoms with Crippen molar-refractivity contribution in [1.29, 1.82) is 0 Å². The number of ether oxygens (including phenoxy) is 1. The number of rotatable bonds is 6. The molecule has 22 heavy (non-hydrogen) atoms. The van der Waals surface area contributed by atoms with Crippen molar-refractivity contribution in [2.75, 3.05) is 44.0 Å². The molecule has 2 rings (SSSR count). The number of sulfone groups is 1. The average molecular weight is 326 g/mol. The SMILES string of the molecule is CCOc1cc(C2CCN(CCS(C)(=O)=O)CC2)ccc1N. The number of nitrogen functional groups attached to an aromatic ring is 1. The van der Waals surface area contributed by atoms with Gasteiger partial charge in [0.1, 0.15) is 15.6 Å². The Bertz CT molecular complexity index is 593. The molecule has 0 bridgehead atoms. The van der Waals surface area contributed by atoms with Gasteiger partial charge in [-0.2, -0.15) is 0 Å². The molecule has 0 spiro atoms. The Morgan fingerprint density at radius 3 is 2.59 bits per heavy atom. The Balaban J connectivity index is 1.92. The van der Waals surface area contributed by atoms with Crippen molar-refractivity contribution >= 4 is 15.5 Å². The fourth-order valence-electron chi connectivity index (χ4n) is 2.87. The third-order valence-corrected chi connectivity index (χ3v) is 5.10. The summed E-state index contributed by atoms with van der Waals surface area (Å²) in [7, 11) is -2.88. The molecule has 0 saturated carbocycles. The zero-order valence-corrected chi connectivity index (χ0v) is 14.2. The Labute approximate surface area is 133 Å². The van der Waals surface area contributed by atoms with Crippen LogP contribution in [0.2, 0.25) is 0 Å². The van der Waals surface area contributed by atoms with Gasteiger partial charge in [-0.25, -0.2) is 8.42 Å². The maximum Gasteiger partial charge on any atom is 0.148 e. The largest absolute Gasteiger partial charge is 0.492 e. The maximum atomic E-state index is 11.2. The molecular formula is C16H26N2O3S. The number of likely N-dealkylation sites (tertiary alicyclic amines) is 1. The number of benzene rings is 1. The molecule has 0 aromatic heterocycles. The summed E-state index contributed by atoms with van der Waals surface area (Å²) in [6, 6.07) is 6.04. The first-order valence-electron chi connectivity index (χ1n) is 7.81. The van der Waals surface area contributed by atoms with Gasteiger partial charge in [0.25, 0.3) is 0 Å². The molecular weight excluding hydrogens is 300 g/mol. The lowest BCUT2D eigenvalue weighted by Crippen LogP contribution is -2.36. The summed E-state index contributed by atoms with van der Waals surface area (Å²) < 4.78 is 28.0. The first-order valence-corrected chi connectivity index (χ1v) is 9.87. The highest BCUT2D eigenvalue weighted by atomic mass is 32.2. The topological polar surface area (TPSA) is 72.6 Å². The van der Waals surface area contributed by atoms with Gasteiger partial charge in [-0.05, 0) is 56.5 Å². The van der Waals surface area contributed by atoms with Crippen LogP contribution in [0.15, 0.2) is 18.2 Å². The van der Waals surface area contributed by atoms with E-state index in [-0.39, 0.29) is 5.75 Å². The van der Waals surface area contributed by atoms with E-state index >= 15 is 0 Å². The molecule has 1 aliphatic heterocycles. The van der Waals surface area contributed by atoms with Crippen LogP contribution in [0.5, 0.6) is 5.75 Å². The van der Waals surface area contributed by atoms with E-state index in [0.717, 1.165) is 31.7 Å². The first kappa shape index (κ1) is 17.1. The molecule has 2 N–H and O–H groups in total. The summed E-state index contributed by atoms with van der Waals surface area (Å²) in [5.41, 5.74) is 7.86. The van der Waals surface area contributed by atoms with E-state index in [9.17, 15) is 8.42 Å². The second-order valence-corrected chi connectivity index (χ2v) is 8.24. The predicted molar refractivity (Wildman–Crippen MR) is 90.1 cm³/mol. The standard InChI is InChI=1S/C16H26N2O3S/c1-3-21-16-12-14(4-5-15(16)17)13-6-8-18(9-7-13)10-11-22(2,19)20/h4-5,12-13H,3,6-11,17H2,1-2H3. The summed E-state index contributed by atoms with van der Waals surface area (Å²) in [5.74, 6) is 1.50. The number of piperidine rings is 1. The molecule has 5 nitrogen and oxygen atoms in total. The minimum Gasteiger partial charge on any atom is -0.492 e. The summed E-state index contributed by atoms with van der Waals surface area (Å²) in [4.78, 5) is 2.23. The lowest BCUT2D eigenvalue weighted by Gasteiger charge is -2.32. The van der Waals surface area contributed by atoms with Gasteiger partial charge in [0, 0.05) is 12.8 Å². The fourth-order valence-corrected chi connectivity index (χ4v) is 3.46. The van der Waals surface area contributed by atoms with E-state index in [0.29, 0.717) is 24.8 Å². The molecule has 1 saturated heterocycles. The summed E-state index contributed by atoms with van der Waals surface area (Å²) >= 11 is 0. The van der Waals surface area contributed by atoms with Crippen LogP contribution in [0.4, 0.5) is 5.69 Å². The van der Waals surface area contributed by atoms with E-state index in [4.69, 9.17) is 10.5 Å².